The SMILES string of the molecule is CCCCC(SC1CCCC1)C(=O)OC. The van der Waals surface area contributed by atoms with Crippen LogP contribution in [0.2, 0.25) is 0 Å². The zero-order valence-electron chi connectivity index (χ0n) is 9.83. The molecule has 0 aromatic rings. The Kier molecular flexibility index (Phi) is 6.15. The van der Waals surface area contributed by atoms with Crippen LogP contribution in [0.25, 0.3) is 0 Å². The lowest BCUT2D eigenvalue weighted by Crippen LogP contribution is -2.21. The van der Waals surface area contributed by atoms with Gasteiger partial charge in [0, 0.05) is 5.25 Å². The van der Waals surface area contributed by atoms with E-state index in [0.717, 1.165) is 19.3 Å². The monoisotopic (exact) mass is 230 g/mol. The van der Waals surface area contributed by atoms with Gasteiger partial charge in [-0.25, -0.2) is 0 Å². The third-order valence-corrected chi connectivity index (χ3v) is 4.56. The van der Waals surface area contributed by atoms with Crippen molar-refractivity contribution in [2.24, 2.45) is 0 Å². The highest BCUT2D eigenvalue weighted by Crippen LogP contribution is 2.34. The van der Waals surface area contributed by atoms with Crippen molar-refractivity contribution in [3.8, 4) is 0 Å². The second-order valence-electron chi connectivity index (χ2n) is 4.20. The van der Waals surface area contributed by atoms with Gasteiger partial charge in [-0.3, -0.25) is 4.79 Å². The summed E-state index contributed by atoms with van der Waals surface area (Å²) in [6.07, 6.45) is 8.48. The van der Waals surface area contributed by atoms with E-state index in [-0.39, 0.29) is 11.2 Å². The fourth-order valence-electron chi connectivity index (χ4n) is 2.02. The molecule has 2 nitrogen and oxygen atoms in total. The summed E-state index contributed by atoms with van der Waals surface area (Å²) in [6, 6.07) is 0. The first-order chi connectivity index (χ1) is 7.27. The lowest BCUT2D eigenvalue weighted by Gasteiger charge is -2.17. The van der Waals surface area contributed by atoms with Crippen molar-refractivity contribution >= 4 is 17.7 Å². The molecule has 0 aromatic heterocycles. The van der Waals surface area contributed by atoms with Crippen LogP contribution in [0.1, 0.15) is 51.9 Å². The van der Waals surface area contributed by atoms with Gasteiger partial charge in [0.05, 0.1) is 7.11 Å². The number of methoxy groups -OCH3 is 1. The number of hydrogen-bond acceptors (Lipinski definition) is 3. The van der Waals surface area contributed by atoms with Gasteiger partial charge in [0.2, 0.25) is 0 Å². The predicted octanol–water partition coefficient (Wildman–Crippen LogP) is 3.39. The van der Waals surface area contributed by atoms with Gasteiger partial charge in [-0.05, 0) is 19.3 Å². The van der Waals surface area contributed by atoms with Crippen molar-refractivity contribution < 1.29 is 9.53 Å². The van der Waals surface area contributed by atoms with Crippen LogP contribution >= 0.6 is 11.8 Å². The number of carbonyl (C=O) groups excluding carboxylic acids is 1. The van der Waals surface area contributed by atoms with Crippen molar-refractivity contribution in [3.05, 3.63) is 0 Å². The minimum atomic E-state index is -0.0275. The molecule has 0 N–H and O–H groups in total. The van der Waals surface area contributed by atoms with Gasteiger partial charge in [0.25, 0.3) is 0 Å². The largest absolute Gasteiger partial charge is 0.468 e. The number of carbonyl (C=O) groups is 1. The van der Waals surface area contributed by atoms with E-state index in [2.05, 4.69) is 6.92 Å². The van der Waals surface area contributed by atoms with Crippen molar-refractivity contribution in [1.82, 2.24) is 0 Å². The van der Waals surface area contributed by atoms with Crippen LogP contribution in [-0.4, -0.2) is 23.6 Å². The molecular weight excluding hydrogens is 208 g/mol. The molecule has 0 saturated heterocycles. The van der Waals surface area contributed by atoms with Gasteiger partial charge in [-0.1, -0.05) is 32.6 Å². The molecule has 0 bridgehead atoms. The van der Waals surface area contributed by atoms with Crippen LogP contribution in [0.5, 0.6) is 0 Å². The Bertz CT molecular complexity index is 188. The Morgan fingerprint density at radius 3 is 2.67 bits per heavy atom. The Morgan fingerprint density at radius 2 is 2.13 bits per heavy atom. The molecule has 1 unspecified atom stereocenters. The third kappa shape index (κ3) is 4.45. The summed E-state index contributed by atoms with van der Waals surface area (Å²) in [7, 11) is 1.50. The first-order valence-corrected chi connectivity index (χ1v) is 6.95. The highest BCUT2D eigenvalue weighted by molar-refractivity contribution is 8.01. The van der Waals surface area contributed by atoms with Crippen molar-refractivity contribution in [1.29, 1.82) is 0 Å². The summed E-state index contributed by atoms with van der Waals surface area (Å²) in [5.41, 5.74) is 0. The summed E-state index contributed by atoms with van der Waals surface area (Å²) in [4.78, 5) is 11.6. The van der Waals surface area contributed by atoms with Crippen molar-refractivity contribution in [3.63, 3.8) is 0 Å². The lowest BCUT2D eigenvalue weighted by atomic mass is 10.2. The highest BCUT2D eigenvalue weighted by atomic mass is 32.2. The smallest absolute Gasteiger partial charge is 0.318 e. The maximum absolute atomic E-state index is 11.6. The minimum Gasteiger partial charge on any atom is -0.468 e. The standard InChI is InChI=1S/C12H22O2S/c1-3-4-9-11(12(13)14-2)15-10-7-5-6-8-10/h10-11H,3-9H2,1-2H3. The molecule has 0 amide bonds. The zero-order valence-corrected chi connectivity index (χ0v) is 10.6. The Labute approximate surface area is 97.1 Å². The van der Waals surface area contributed by atoms with Crippen LogP contribution in [0.4, 0.5) is 0 Å². The fourth-order valence-corrected chi connectivity index (χ4v) is 3.60. The quantitative estimate of drug-likeness (QED) is 0.654. The van der Waals surface area contributed by atoms with Gasteiger partial charge >= 0.3 is 5.97 Å². The molecule has 1 aliphatic rings. The van der Waals surface area contributed by atoms with Crippen LogP contribution in [0.15, 0.2) is 0 Å². The molecule has 1 atom stereocenters. The number of thioether (sulfide) groups is 1. The van der Waals surface area contributed by atoms with E-state index < -0.39 is 0 Å². The van der Waals surface area contributed by atoms with E-state index in [0.29, 0.717) is 5.25 Å². The zero-order chi connectivity index (χ0) is 11.1. The van der Waals surface area contributed by atoms with Gasteiger partial charge < -0.3 is 4.74 Å². The topological polar surface area (TPSA) is 26.3 Å². The van der Waals surface area contributed by atoms with Crippen LogP contribution in [0.3, 0.4) is 0 Å². The number of ether oxygens (including phenoxy) is 1. The summed E-state index contributed by atoms with van der Waals surface area (Å²) < 4.78 is 4.86. The number of hydrogen-bond donors (Lipinski definition) is 0. The lowest BCUT2D eigenvalue weighted by molar-refractivity contribution is -0.140. The highest BCUT2D eigenvalue weighted by Gasteiger charge is 2.25. The van der Waals surface area contributed by atoms with Gasteiger partial charge in [-0.2, -0.15) is 0 Å². The molecule has 15 heavy (non-hydrogen) atoms. The molecule has 1 saturated carbocycles. The van der Waals surface area contributed by atoms with E-state index in [1.807, 2.05) is 11.8 Å². The van der Waals surface area contributed by atoms with E-state index >= 15 is 0 Å². The van der Waals surface area contributed by atoms with Gasteiger partial charge in [-0.15, -0.1) is 11.8 Å². The number of rotatable bonds is 6. The Hall–Kier alpha value is -0.180. The van der Waals surface area contributed by atoms with Crippen LogP contribution < -0.4 is 0 Å². The second kappa shape index (κ2) is 7.15. The molecule has 3 heteroatoms. The maximum Gasteiger partial charge on any atom is 0.318 e. The first kappa shape index (κ1) is 12.9. The van der Waals surface area contributed by atoms with E-state index in [9.17, 15) is 4.79 Å². The van der Waals surface area contributed by atoms with E-state index in [4.69, 9.17) is 4.74 Å². The Morgan fingerprint density at radius 1 is 1.47 bits per heavy atom. The van der Waals surface area contributed by atoms with Gasteiger partial charge in [0.15, 0.2) is 0 Å². The van der Waals surface area contributed by atoms with Gasteiger partial charge in [0.1, 0.15) is 5.25 Å². The number of unbranched alkanes of at least 4 members (excludes halogenated alkanes) is 1. The Balaban J connectivity index is 2.36. The summed E-state index contributed by atoms with van der Waals surface area (Å²) in [5, 5.41) is 0.781. The van der Waals surface area contributed by atoms with E-state index in [1.165, 1.54) is 32.8 Å². The molecule has 0 spiro atoms. The average Bonchev–Trinajstić information content (AvgIpc) is 2.75. The predicted molar refractivity (Wildman–Crippen MR) is 65.2 cm³/mol. The molecule has 0 heterocycles. The fraction of sp³-hybridized carbons (Fsp3) is 0.917. The molecule has 88 valence electrons. The molecule has 0 aromatic carbocycles. The summed E-state index contributed by atoms with van der Waals surface area (Å²) in [5.74, 6) is -0.0275. The maximum atomic E-state index is 11.6. The van der Waals surface area contributed by atoms with Crippen LogP contribution in [0, 0.1) is 0 Å². The first-order valence-electron chi connectivity index (χ1n) is 6.01. The molecule has 0 aliphatic heterocycles. The van der Waals surface area contributed by atoms with E-state index in [1.54, 1.807) is 0 Å². The number of esters is 1. The van der Waals surface area contributed by atoms with Crippen molar-refractivity contribution in [2.75, 3.05) is 7.11 Å². The normalized spacial score (nSPS) is 19.1. The summed E-state index contributed by atoms with van der Waals surface area (Å²) in [6.45, 7) is 2.16. The molecule has 0 radical (unpaired) electrons. The second-order valence-corrected chi connectivity index (χ2v) is 5.70. The minimum absolute atomic E-state index is 0.0275. The third-order valence-electron chi connectivity index (χ3n) is 2.94. The molecule has 1 fully saturated rings. The molecular formula is C12H22O2S. The summed E-state index contributed by atoms with van der Waals surface area (Å²) >= 11 is 1.85. The molecule has 1 rings (SSSR count). The van der Waals surface area contributed by atoms with Crippen molar-refractivity contribution in [2.45, 2.75) is 62.4 Å². The molecule has 1 aliphatic carbocycles. The van der Waals surface area contributed by atoms with Crippen LogP contribution in [-0.2, 0) is 9.53 Å². The average molecular weight is 230 g/mol.